The van der Waals surface area contributed by atoms with Crippen LogP contribution in [0.2, 0.25) is 5.02 Å². The molecule has 24 heavy (non-hydrogen) atoms. The van der Waals surface area contributed by atoms with Crippen molar-refractivity contribution in [2.75, 3.05) is 0 Å². The van der Waals surface area contributed by atoms with Crippen molar-refractivity contribution in [2.24, 2.45) is 0 Å². The Labute approximate surface area is 148 Å². The molecule has 2 aromatic carbocycles. The van der Waals surface area contributed by atoms with Crippen molar-refractivity contribution in [3.8, 4) is 5.75 Å². The quantitative estimate of drug-likeness (QED) is 0.869. The highest BCUT2D eigenvalue weighted by atomic mass is 35.5. The maximum absolute atomic E-state index is 12.4. The van der Waals surface area contributed by atoms with Crippen LogP contribution in [0.3, 0.4) is 0 Å². The monoisotopic (exact) mass is 343 g/mol. The molecule has 0 radical (unpaired) electrons. The number of ether oxygens (including phenoxy) is 1. The molecule has 3 nitrogen and oxygen atoms in total. The van der Waals surface area contributed by atoms with Crippen molar-refractivity contribution in [2.45, 2.75) is 45.3 Å². The number of hydrogen-bond acceptors (Lipinski definition) is 2. The maximum atomic E-state index is 12.4. The second-order valence-corrected chi connectivity index (χ2v) is 6.77. The Morgan fingerprint density at radius 3 is 2.71 bits per heavy atom. The highest BCUT2D eigenvalue weighted by Crippen LogP contribution is 2.25. The number of nitrogens with one attached hydrogen (secondary N) is 1. The van der Waals surface area contributed by atoms with Crippen LogP contribution in [0, 0.1) is 0 Å². The van der Waals surface area contributed by atoms with Gasteiger partial charge in [-0.2, -0.15) is 0 Å². The van der Waals surface area contributed by atoms with Gasteiger partial charge in [-0.25, -0.2) is 0 Å². The van der Waals surface area contributed by atoms with Crippen LogP contribution in [-0.4, -0.2) is 12.0 Å². The Hall–Kier alpha value is -2.00. The SMILES string of the molecule is C[C@H](NC(=O)[C@@H](C)Oc1cccc(Cl)c1)c1ccc2c(c1)CCC2. The van der Waals surface area contributed by atoms with Crippen molar-refractivity contribution >= 4 is 17.5 Å². The molecule has 3 rings (SSSR count). The summed E-state index contributed by atoms with van der Waals surface area (Å²) >= 11 is 5.94. The lowest BCUT2D eigenvalue weighted by molar-refractivity contribution is -0.127. The molecule has 0 aliphatic heterocycles. The van der Waals surface area contributed by atoms with Crippen LogP contribution in [0.1, 0.15) is 43.0 Å². The Morgan fingerprint density at radius 1 is 1.12 bits per heavy atom. The summed E-state index contributed by atoms with van der Waals surface area (Å²) in [6.45, 7) is 3.74. The molecule has 2 atom stereocenters. The van der Waals surface area contributed by atoms with Gasteiger partial charge in [0, 0.05) is 5.02 Å². The standard InChI is InChI=1S/C20H22ClNO2/c1-13(16-10-9-15-5-3-6-17(15)11-16)22-20(23)14(2)24-19-8-4-7-18(21)12-19/h4,7-14H,3,5-6H2,1-2H3,(H,22,23)/t13-,14+/m0/s1. The molecule has 0 heterocycles. The lowest BCUT2D eigenvalue weighted by atomic mass is 10.0. The summed E-state index contributed by atoms with van der Waals surface area (Å²) < 4.78 is 5.67. The fourth-order valence-corrected chi connectivity index (χ4v) is 3.25. The molecular weight excluding hydrogens is 322 g/mol. The molecule has 0 unspecified atom stereocenters. The second-order valence-electron chi connectivity index (χ2n) is 6.33. The van der Waals surface area contributed by atoms with Crippen molar-refractivity contribution < 1.29 is 9.53 Å². The highest BCUT2D eigenvalue weighted by molar-refractivity contribution is 6.30. The summed E-state index contributed by atoms with van der Waals surface area (Å²) in [5.74, 6) is 0.457. The first-order valence-electron chi connectivity index (χ1n) is 8.37. The number of aryl methyl sites for hydroxylation is 2. The largest absolute Gasteiger partial charge is 0.481 e. The summed E-state index contributed by atoms with van der Waals surface area (Å²) in [6.07, 6.45) is 2.95. The minimum absolute atomic E-state index is 0.0474. The summed E-state index contributed by atoms with van der Waals surface area (Å²) in [5, 5.41) is 3.61. The molecule has 4 heteroatoms. The number of benzene rings is 2. The molecule has 0 aromatic heterocycles. The van der Waals surface area contributed by atoms with Gasteiger partial charge in [0.25, 0.3) is 5.91 Å². The predicted octanol–water partition coefficient (Wildman–Crippen LogP) is 4.47. The van der Waals surface area contributed by atoms with Crippen LogP contribution < -0.4 is 10.1 Å². The van der Waals surface area contributed by atoms with E-state index in [0.29, 0.717) is 10.8 Å². The highest BCUT2D eigenvalue weighted by Gasteiger charge is 2.19. The predicted molar refractivity (Wildman–Crippen MR) is 96.6 cm³/mol. The Bertz CT molecular complexity index is 744. The molecule has 126 valence electrons. The van der Waals surface area contributed by atoms with Crippen LogP contribution >= 0.6 is 11.6 Å². The summed E-state index contributed by atoms with van der Waals surface area (Å²) in [7, 11) is 0. The van der Waals surface area contributed by atoms with Crippen LogP contribution in [-0.2, 0) is 17.6 Å². The molecule has 1 aliphatic rings. The molecule has 2 aromatic rings. The first kappa shape index (κ1) is 16.8. The molecule has 1 aliphatic carbocycles. The third-order valence-corrected chi connectivity index (χ3v) is 4.69. The van der Waals surface area contributed by atoms with Crippen molar-refractivity contribution in [3.05, 3.63) is 64.2 Å². The lowest BCUT2D eigenvalue weighted by Crippen LogP contribution is -2.37. The van der Waals surface area contributed by atoms with Gasteiger partial charge in [0.15, 0.2) is 6.10 Å². The first-order chi connectivity index (χ1) is 11.5. The van der Waals surface area contributed by atoms with Crippen LogP contribution in [0.4, 0.5) is 0 Å². The number of fused-ring (bicyclic) bond motifs is 1. The second kappa shape index (κ2) is 7.27. The van der Waals surface area contributed by atoms with E-state index < -0.39 is 6.10 Å². The minimum atomic E-state index is -0.583. The topological polar surface area (TPSA) is 38.3 Å². The van der Waals surface area contributed by atoms with Gasteiger partial charge in [0.1, 0.15) is 5.75 Å². The van der Waals surface area contributed by atoms with E-state index in [1.807, 2.05) is 6.92 Å². The van der Waals surface area contributed by atoms with E-state index in [9.17, 15) is 4.79 Å². The van der Waals surface area contributed by atoms with Gasteiger partial charge in [0.05, 0.1) is 6.04 Å². The summed E-state index contributed by atoms with van der Waals surface area (Å²) in [5.41, 5.74) is 3.99. The smallest absolute Gasteiger partial charge is 0.261 e. The maximum Gasteiger partial charge on any atom is 0.261 e. The van der Waals surface area contributed by atoms with Crippen LogP contribution in [0.5, 0.6) is 5.75 Å². The van der Waals surface area contributed by atoms with E-state index in [-0.39, 0.29) is 11.9 Å². The molecular formula is C20H22ClNO2. The molecule has 0 fully saturated rings. The van der Waals surface area contributed by atoms with Gasteiger partial charge in [-0.1, -0.05) is 35.9 Å². The zero-order valence-electron chi connectivity index (χ0n) is 14.0. The number of carbonyl (C=O) groups is 1. The molecule has 0 saturated heterocycles. The van der Waals surface area contributed by atoms with Gasteiger partial charge >= 0.3 is 0 Å². The van der Waals surface area contributed by atoms with Crippen LogP contribution in [0.25, 0.3) is 0 Å². The van der Waals surface area contributed by atoms with Gasteiger partial charge in [-0.3, -0.25) is 4.79 Å². The Balaban J connectivity index is 1.61. The summed E-state index contributed by atoms with van der Waals surface area (Å²) in [4.78, 5) is 12.4. The Morgan fingerprint density at radius 2 is 1.92 bits per heavy atom. The fourth-order valence-electron chi connectivity index (χ4n) is 3.07. The number of hydrogen-bond donors (Lipinski definition) is 1. The summed E-state index contributed by atoms with van der Waals surface area (Å²) in [6, 6.07) is 13.5. The van der Waals surface area contributed by atoms with Crippen molar-refractivity contribution in [1.29, 1.82) is 0 Å². The molecule has 0 spiro atoms. The van der Waals surface area contributed by atoms with E-state index in [0.717, 1.165) is 12.0 Å². The average Bonchev–Trinajstić information content (AvgIpc) is 3.02. The van der Waals surface area contributed by atoms with E-state index >= 15 is 0 Å². The van der Waals surface area contributed by atoms with Gasteiger partial charge in [0.2, 0.25) is 0 Å². The third kappa shape index (κ3) is 3.90. The van der Waals surface area contributed by atoms with E-state index in [4.69, 9.17) is 16.3 Å². The fraction of sp³-hybridized carbons (Fsp3) is 0.350. The average molecular weight is 344 g/mol. The Kier molecular flexibility index (Phi) is 5.10. The zero-order valence-corrected chi connectivity index (χ0v) is 14.8. The third-order valence-electron chi connectivity index (χ3n) is 4.46. The lowest BCUT2D eigenvalue weighted by Gasteiger charge is -2.19. The molecule has 0 bridgehead atoms. The number of amides is 1. The number of carbonyl (C=O) groups excluding carboxylic acids is 1. The van der Waals surface area contributed by atoms with Crippen molar-refractivity contribution in [1.82, 2.24) is 5.32 Å². The first-order valence-corrected chi connectivity index (χ1v) is 8.75. The molecule has 1 N–H and O–H groups in total. The van der Waals surface area contributed by atoms with Gasteiger partial charge in [-0.15, -0.1) is 0 Å². The van der Waals surface area contributed by atoms with E-state index in [1.165, 1.54) is 24.0 Å². The zero-order chi connectivity index (χ0) is 17.1. The van der Waals surface area contributed by atoms with E-state index in [2.05, 4.69) is 23.5 Å². The normalized spacial score (nSPS) is 15.5. The van der Waals surface area contributed by atoms with Gasteiger partial charge < -0.3 is 10.1 Å². The minimum Gasteiger partial charge on any atom is -0.481 e. The molecule has 0 saturated carbocycles. The molecule has 1 amide bonds. The number of halogens is 1. The van der Waals surface area contributed by atoms with Crippen molar-refractivity contribution in [3.63, 3.8) is 0 Å². The van der Waals surface area contributed by atoms with Crippen LogP contribution in [0.15, 0.2) is 42.5 Å². The number of rotatable bonds is 5. The van der Waals surface area contributed by atoms with Gasteiger partial charge in [-0.05, 0) is 68.0 Å². The van der Waals surface area contributed by atoms with E-state index in [1.54, 1.807) is 31.2 Å².